The first-order chi connectivity index (χ1) is 4.31. The van der Waals surface area contributed by atoms with E-state index in [2.05, 4.69) is 0 Å². The van der Waals surface area contributed by atoms with Crippen molar-refractivity contribution in [3.05, 3.63) is 0 Å². The van der Waals surface area contributed by atoms with Crippen molar-refractivity contribution in [1.82, 2.24) is 0 Å². The van der Waals surface area contributed by atoms with Crippen LogP contribution < -0.4 is 0 Å². The molecule has 0 amide bonds. The summed E-state index contributed by atoms with van der Waals surface area (Å²) < 4.78 is 0. The van der Waals surface area contributed by atoms with E-state index in [9.17, 15) is 0 Å². The lowest BCUT2D eigenvalue weighted by Gasteiger charge is -2.04. The first-order valence-electron chi connectivity index (χ1n) is 3.39. The molecule has 1 atom stereocenters. The van der Waals surface area contributed by atoms with Gasteiger partial charge in [0.25, 0.3) is 0 Å². The average Bonchev–Trinajstić information content (AvgIpc) is 1.89. The summed E-state index contributed by atoms with van der Waals surface area (Å²) in [6.07, 6.45) is 2.45. The smallest absolute Gasteiger partial charge is 0.0770 e. The molecule has 0 saturated heterocycles. The first-order valence-corrected chi connectivity index (χ1v) is 4.39. The van der Waals surface area contributed by atoms with Crippen LogP contribution in [-0.4, -0.2) is 33.2 Å². The van der Waals surface area contributed by atoms with Gasteiger partial charge in [0.1, 0.15) is 0 Å². The van der Waals surface area contributed by atoms with Gasteiger partial charge in [-0.25, -0.2) is 0 Å². The third-order valence-corrected chi connectivity index (χ3v) is 1.75. The molecular weight excluding hydrogens is 132 g/mol. The van der Waals surface area contributed by atoms with E-state index in [1.54, 1.807) is 0 Å². The highest BCUT2D eigenvalue weighted by Gasteiger charge is 1.98. The van der Waals surface area contributed by atoms with Crippen molar-refractivity contribution in [1.29, 1.82) is 0 Å². The fraction of sp³-hybridized carbons (Fsp3) is 1.00. The van der Waals surface area contributed by atoms with E-state index in [0.717, 1.165) is 19.3 Å². The zero-order valence-corrected chi connectivity index (χ0v) is 7.13. The Morgan fingerprint density at radius 2 is 2.00 bits per heavy atom. The fourth-order valence-electron chi connectivity index (χ4n) is 0.648. The maximum absolute atomic E-state index is 8.84. The highest BCUT2D eigenvalue weighted by atomic mass is 28.1. The molecule has 0 aromatic rings. The molecule has 3 heteroatoms. The van der Waals surface area contributed by atoms with E-state index in [0.29, 0.717) is 0 Å². The summed E-state index contributed by atoms with van der Waals surface area (Å²) in [6, 6.07) is 1.19. The summed E-state index contributed by atoms with van der Waals surface area (Å²) in [5.41, 5.74) is 0. The Morgan fingerprint density at radius 1 is 1.33 bits per heavy atom. The predicted molar refractivity (Wildman–Crippen MR) is 40.3 cm³/mol. The van der Waals surface area contributed by atoms with E-state index < -0.39 is 6.10 Å². The van der Waals surface area contributed by atoms with Crippen LogP contribution in [-0.2, 0) is 0 Å². The van der Waals surface area contributed by atoms with Gasteiger partial charge in [-0.3, -0.25) is 0 Å². The van der Waals surface area contributed by atoms with Crippen LogP contribution in [0.2, 0.25) is 6.04 Å². The largest absolute Gasteiger partial charge is 0.394 e. The molecule has 0 saturated carbocycles. The molecule has 1 unspecified atom stereocenters. The molecule has 0 aromatic heterocycles. The lowest BCUT2D eigenvalue weighted by Crippen LogP contribution is -2.10. The van der Waals surface area contributed by atoms with Crippen molar-refractivity contribution < 1.29 is 10.2 Å². The molecule has 0 rings (SSSR count). The zero-order valence-electron chi connectivity index (χ0n) is 5.71. The Morgan fingerprint density at radius 3 is 2.44 bits per heavy atom. The number of hydrogen-bond acceptors (Lipinski definition) is 2. The maximum atomic E-state index is 8.84. The van der Waals surface area contributed by atoms with Gasteiger partial charge >= 0.3 is 0 Å². The van der Waals surface area contributed by atoms with Gasteiger partial charge in [0.15, 0.2) is 0 Å². The molecule has 0 bridgehead atoms. The number of rotatable bonds is 5. The minimum Gasteiger partial charge on any atom is -0.394 e. The second kappa shape index (κ2) is 6.26. The number of aliphatic hydroxyl groups is 2. The van der Waals surface area contributed by atoms with Crippen LogP contribution in [0.25, 0.3) is 0 Å². The van der Waals surface area contributed by atoms with Gasteiger partial charge in [0.2, 0.25) is 0 Å². The standard InChI is InChI=1S/C6H15O2Si/c7-5-6(8)3-1-2-4-9/h6-8H,1-5,9H2. The molecule has 9 heavy (non-hydrogen) atoms. The van der Waals surface area contributed by atoms with Gasteiger partial charge in [-0.2, -0.15) is 0 Å². The van der Waals surface area contributed by atoms with E-state index in [4.69, 9.17) is 10.2 Å². The molecule has 0 heterocycles. The normalized spacial score (nSPS) is 13.7. The Labute approximate surface area is 59.3 Å². The lowest BCUT2D eigenvalue weighted by atomic mass is 10.2. The molecule has 0 spiro atoms. The van der Waals surface area contributed by atoms with Crippen LogP contribution in [0.1, 0.15) is 19.3 Å². The Kier molecular flexibility index (Phi) is 6.35. The van der Waals surface area contributed by atoms with Crippen molar-refractivity contribution in [2.75, 3.05) is 6.61 Å². The molecule has 0 fully saturated rings. The molecule has 55 valence electrons. The highest BCUT2D eigenvalue weighted by Crippen LogP contribution is 2.01. The van der Waals surface area contributed by atoms with Crippen LogP contribution >= 0.6 is 0 Å². The fourth-order valence-corrected chi connectivity index (χ4v) is 1.00. The molecule has 0 aromatic carbocycles. The Balaban J connectivity index is 2.88. The van der Waals surface area contributed by atoms with Crippen LogP contribution in [0, 0.1) is 0 Å². The van der Waals surface area contributed by atoms with E-state index in [1.807, 2.05) is 10.2 Å². The molecule has 2 N–H and O–H groups in total. The molecule has 1 radical (unpaired) electrons. The monoisotopic (exact) mass is 147 g/mol. The third-order valence-electron chi connectivity index (χ3n) is 1.25. The minimum atomic E-state index is -0.486. The van der Waals surface area contributed by atoms with E-state index >= 15 is 0 Å². The van der Waals surface area contributed by atoms with Crippen molar-refractivity contribution in [3.63, 3.8) is 0 Å². The quantitative estimate of drug-likeness (QED) is 0.409. The van der Waals surface area contributed by atoms with Gasteiger partial charge in [0, 0.05) is 10.2 Å². The van der Waals surface area contributed by atoms with Gasteiger partial charge in [-0.1, -0.05) is 18.9 Å². The number of hydrogen-bond donors (Lipinski definition) is 2. The molecule has 2 nitrogen and oxygen atoms in total. The summed E-state index contributed by atoms with van der Waals surface area (Å²) in [5, 5.41) is 17.2. The minimum absolute atomic E-state index is 0.0913. The zero-order chi connectivity index (χ0) is 7.11. The lowest BCUT2D eigenvalue weighted by molar-refractivity contribution is 0.0865. The van der Waals surface area contributed by atoms with E-state index in [1.165, 1.54) is 6.04 Å². The van der Waals surface area contributed by atoms with Crippen molar-refractivity contribution in [2.45, 2.75) is 31.4 Å². The van der Waals surface area contributed by atoms with Crippen LogP contribution in [0.5, 0.6) is 0 Å². The summed E-state index contributed by atoms with van der Waals surface area (Å²) >= 11 is 0. The Hall–Kier alpha value is 0.137. The van der Waals surface area contributed by atoms with Crippen LogP contribution in [0.4, 0.5) is 0 Å². The van der Waals surface area contributed by atoms with Crippen molar-refractivity contribution >= 4 is 10.2 Å². The molecule has 0 aliphatic rings. The van der Waals surface area contributed by atoms with Gasteiger partial charge in [-0.05, 0) is 6.42 Å². The number of aliphatic hydroxyl groups excluding tert-OH is 2. The maximum Gasteiger partial charge on any atom is 0.0770 e. The summed E-state index contributed by atoms with van der Waals surface area (Å²) in [4.78, 5) is 0. The molecule has 0 aliphatic carbocycles. The number of unbranched alkanes of at least 4 members (excludes halogenated alkanes) is 1. The van der Waals surface area contributed by atoms with Gasteiger partial charge < -0.3 is 10.2 Å². The van der Waals surface area contributed by atoms with Crippen molar-refractivity contribution in [2.24, 2.45) is 0 Å². The van der Waals surface area contributed by atoms with Crippen LogP contribution in [0.15, 0.2) is 0 Å². The topological polar surface area (TPSA) is 40.5 Å². The average molecular weight is 147 g/mol. The predicted octanol–water partition coefficient (Wildman–Crippen LogP) is -0.439. The first kappa shape index (κ1) is 9.14. The Bertz CT molecular complexity index is 59.0. The SMILES string of the molecule is OCC(O)CCCC[SiH2]. The molecule has 0 aliphatic heterocycles. The van der Waals surface area contributed by atoms with E-state index in [-0.39, 0.29) is 6.61 Å². The summed E-state index contributed by atoms with van der Waals surface area (Å²) in [7, 11) is 1.94. The second-order valence-electron chi connectivity index (χ2n) is 2.19. The van der Waals surface area contributed by atoms with Crippen LogP contribution in [0.3, 0.4) is 0 Å². The summed E-state index contributed by atoms with van der Waals surface area (Å²) in [5.74, 6) is 0. The summed E-state index contributed by atoms with van der Waals surface area (Å²) in [6.45, 7) is -0.0913. The highest BCUT2D eigenvalue weighted by molar-refractivity contribution is 6.08. The van der Waals surface area contributed by atoms with Gasteiger partial charge in [-0.15, -0.1) is 0 Å². The second-order valence-corrected chi connectivity index (χ2v) is 2.89. The van der Waals surface area contributed by atoms with Gasteiger partial charge in [0.05, 0.1) is 12.7 Å². The third kappa shape index (κ3) is 6.02. The van der Waals surface area contributed by atoms with Crippen molar-refractivity contribution in [3.8, 4) is 0 Å². The molecular formula is C6H15O2Si.